The summed E-state index contributed by atoms with van der Waals surface area (Å²) in [5.74, 6) is -0.686. The van der Waals surface area contributed by atoms with Crippen LogP contribution in [0.5, 0.6) is 11.5 Å². The molecular formula is C14H8ClFN2O3. The van der Waals surface area contributed by atoms with Crippen molar-refractivity contribution in [1.82, 2.24) is 10.1 Å². The fourth-order valence-corrected chi connectivity index (χ4v) is 1.93. The second-order valence-electron chi connectivity index (χ2n) is 4.26. The summed E-state index contributed by atoms with van der Waals surface area (Å²) in [7, 11) is 0. The summed E-state index contributed by atoms with van der Waals surface area (Å²) in [5, 5.41) is 22.5. The molecule has 3 rings (SSSR count). The number of halogens is 2. The molecular weight excluding hydrogens is 299 g/mol. The average Bonchev–Trinajstić information content (AvgIpc) is 2.94. The van der Waals surface area contributed by atoms with Gasteiger partial charge in [0, 0.05) is 11.1 Å². The first-order chi connectivity index (χ1) is 10.0. The van der Waals surface area contributed by atoms with Crippen LogP contribution in [-0.4, -0.2) is 20.4 Å². The second-order valence-corrected chi connectivity index (χ2v) is 4.66. The predicted octanol–water partition coefficient (Wildman–Crippen LogP) is 3.61. The molecule has 5 nitrogen and oxygen atoms in total. The number of hydrogen-bond acceptors (Lipinski definition) is 5. The van der Waals surface area contributed by atoms with Gasteiger partial charge in [0.1, 0.15) is 5.82 Å². The van der Waals surface area contributed by atoms with Crippen molar-refractivity contribution >= 4 is 11.6 Å². The smallest absolute Gasteiger partial charge is 0.258 e. The van der Waals surface area contributed by atoms with Gasteiger partial charge in [-0.15, -0.1) is 0 Å². The first kappa shape index (κ1) is 13.4. The standard InChI is InChI=1S/C14H8ClFN2O3/c15-9-5-7(1-3-10(9)16)13-17-14(21-18-13)8-2-4-11(19)12(20)6-8/h1-6,19-20H. The highest BCUT2D eigenvalue weighted by Crippen LogP contribution is 2.31. The van der Waals surface area contributed by atoms with Crippen molar-refractivity contribution in [3.63, 3.8) is 0 Å². The van der Waals surface area contributed by atoms with Crippen LogP contribution >= 0.6 is 11.6 Å². The third-order valence-electron chi connectivity index (χ3n) is 2.83. The van der Waals surface area contributed by atoms with Crippen LogP contribution in [0.3, 0.4) is 0 Å². The highest BCUT2D eigenvalue weighted by Gasteiger charge is 2.13. The summed E-state index contributed by atoms with van der Waals surface area (Å²) in [6.45, 7) is 0. The average molecular weight is 307 g/mol. The SMILES string of the molecule is Oc1ccc(-c2nc(-c3ccc(F)c(Cl)c3)no2)cc1O. The Labute approximate surface area is 123 Å². The summed E-state index contributed by atoms with van der Waals surface area (Å²) >= 11 is 5.70. The molecule has 0 spiro atoms. The van der Waals surface area contributed by atoms with E-state index in [-0.39, 0.29) is 28.2 Å². The van der Waals surface area contributed by atoms with Crippen molar-refractivity contribution in [2.75, 3.05) is 0 Å². The van der Waals surface area contributed by atoms with E-state index in [2.05, 4.69) is 10.1 Å². The maximum absolute atomic E-state index is 13.1. The maximum atomic E-state index is 13.1. The number of hydrogen-bond donors (Lipinski definition) is 2. The maximum Gasteiger partial charge on any atom is 0.258 e. The first-order valence-electron chi connectivity index (χ1n) is 5.86. The van der Waals surface area contributed by atoms with Crippen LogP contribution in [0.4, 0.5) is 4.39 Å². The molecule has 21 heavy (non-hydrogen) atoms. The van der Waals surface area contributed by atoms with Gasteiger partial charge in [0.25, 0.3) is 5.89 Å². The largest absolute Gasteiger partial charge is 0.504 e. The minimum absolute atomic E-state index is 0.0406. The molecule has 1 heterocycles. The van der Waals surface area contributed by atoms with E-state index in [1.54, 1.807) is 0 Å². The lowest BCUT2D eigenvalue weighted by Crippen LogP contribution is -1.84. The van der Waals surface area contributed by atoms with E-state index in [1.807, 2.05) is 0 Å². The van der Waals surface area contributed by atoms with Crippen LogP contribution in [0.25, 0.3) is 22.8 Å². The van der Waals surface area contributed by atoms with E-state index >= 15 is 0 Å². The molecule has 0 radical (unpaired) electrons. The number of nitrogens with zero attached hydrogens (tertiary/aromatic N) is 2. The molecule has 1 aromatic heterocycles. The van der Waals surface area contributed by atoms with E-state index in [0.29, 0.717) is 11.1 Å². The molecule has 2 N–H and O–H groups in total. The monoisotopic (exact) mass is 306 g/mol. The molecule has 2 aromatic carbocycles. The van der Waals surface area contributed by atoms with Crippen molar-refractivity contribution < 1.29 is 19.1 Å². The number of phenols is 2. The molecule has 0 aliphatic heterocycles. The molecule has 106 valence electrons. The molecule has 0 saturated carbocycles. The van der Waals surface area contributed by atoms with Gasteiger partial charge in [0.15, 0.2) is 11.5 Å². The highest BCUT2D eigenvalue weighted by atomic mass is 35.5. The van der Waals surface area contributed by atoms with E-state index < -0.39 is 5.82 Å². The van der Waals surface area contributed by atoms with Crippen molar-refractivity contribution in [3.05, 3.63) is 47.2 Å². The van der Waals surface area contributed by atoms with Gasteiger partial charge in [-0.2, -0.15) is 4.98 Å². The Hall–Kier alpha value is -2.60. The lowest BCUT2D eigenvalue weighted by molar-refractivity contribution is 0.402. The fraction of sp³-hybridized carbons (Fsp3) is 0. The Morgan fingerprint density at radius 2 is 1.76 bits per heavy atom. The zero-order valence-electron chi connectivity index (χ0n) is 10.4. The van der Waals surface area contributed by atoms with Crippen molar-refractivity contribution in [2.24, 2.45) is 0 Å². The third kappa shape index (κ3) is 2.53. The number of phenolic OH excluding ortho intramolecular Hbond substituents is 2. The van der Waals surface area contributed by atoms with Gasteiger partial charge < -0.3 is 14.7 Å². The van der Waals surface area contributed by atoms with Crippen LogP contribution in [-0.2, 0) is 0 Å². The number of aromatic nitrogens is 2. The molecule has 0 atom stereocenters. The summed E-state index contributed by atoms with van der Waals surface area (Å²) < 4.78 is 18.2. The number of rotatable bonds is 2. The quantitative estimate of drug-likeness (QED) is 0.707. The van der Waals surface area contributed by atoms with Gasteiger partial charge in [-0.25, -0.2) is 4.39 Å². The van der Waals surface area contributed by atoms with Gasteiger partial charge in [-0.05, 0) is 36.4 Å². The molecule has 0 unspecified atom stereocenters. The van der Waals surface area contributed by atoms with Gasteiger partial charge in [0.05, 0.1) is 5.02 Å². The molecule has 0 aliphatic carbocycles. The van der Waals surface area contributed by atoms with E-state index in [0.717, 1.165) is 0 Å². The van der Waals surface area contributed by atoms with E-state index in [4.69, 9.17) is 16.1 Å². The summed E-state index contributed by atoms with van der Waals surface area (Å²) in [5.41, 5.74) is 0.941. The number of benzene rings is 2. The second kappa shape index (κ2) is 5.06. The molecule has 0 fully saturated rings. The normalized spacial score (nSPS) is 10.8. The number of aromatic hydroxyl groups is 2. The van der Waals surface area contributed by atoms with Crippen LogP contribution in [0.15, 0.2) is 40.9 Å². The molecule has 3 aromatic rings. The van der Waals surface area contributed by atoms with Crippen LogP contribution < -0.4 is 0 Å². The zero-order valence-corrected chi connectivity index (χ0v) is 11.2. The van der Waals surface area contributed by atoms with E-state index in [1.165, 1.54) is 36.4 Å². The third-order valence-corrected chi connectivity index (χ3v) is 3.12. The Kier molecular flexibility index (Phi) is 3.23. The summed E-state index contributed by atoms with van der Waals surface area (Å²) in [4.78, 5) is 4.14. The Morgan fingerprint density at radius 1 is 1.00 bits per heavy atom. The van der Waals surface area contributed by atoms with Crippen molar-refractivity contribution in [1.29, 1.82) is 0 Å². The molecule has 0 saturated heterocycles. The molecule has 7 heteroatoms. The van der Waals surface area contributed by atoms with Gasteiger partial charge >= 0.3 is 0 Å². The first-order valence-corrected chi connectivity index (χ1v) is 6.24. The minimum atomic E-state index is -0.535. The fourth-order valence-electron chi connectivity index (χ4n) is 1.75. The van der Waals surface area contributed by atoms with Crippen LogP contribution in [0, 0.1) is 5.82 Å². The van der Waals surface area contributed by atoms with Crippen LogP contribution in [0.1, 0.15) is 0 Å². The summed E-state index contributed by atoms with van der Waals surface area (Å²) in [6.07, 6.45) is 0. The summed E-state index contributed by atoms with van der Waals surface area (Å²) in [6, 6.07) is 8.20. The minimum Gasteiger partial charge on any atom is -0.504 e. The van der Waals surface area contributed by atoms with Crippen LogP contribution in [0.2, 0.25) is 5.02 Å². The zero-order chi connectivity index (χ0) is 15.0. The Morgan fingerprint density at radius 3 is 2.48 bits per heavy atom. The molecule has 0 amide bonds. The molecule has 0 aliphatic rings. The molecule has 0 bridgehead atoms. The lowest BCUT2D eigenvalue weighted by atomic mass is 10.2. The van der Waals surface area contributed by atoms with Gasteiger partial charge in [-0.3, -0.25) is 0 Å². The van der Waals surface area contributed by atoms with Gasteiger partial charge in [-0.1, -0.05) is 16.8 Å². The van der Waals surface area contributed by atoms with E-state index in [9.17, 15) is 14.6 Å². The Balaban J connectivity index is 1.99. The topological polar surface area (TPSA) is 79.4 Å². The highest BCUT2D eigenvalue weighted by molar-refractivity contribution is 6.31. The van der Waals surface area contributed by atoms with Gasteiger partial charge in [0.2, 0.25) is 5.82 Å². The van der Waals surface area contributed by atoms with Crippen molar-refractivity contribution in [3.8, 4) is 34.3 Å². The lowest BCUT2D eigenvalue weighted by Gasteiger charge is -1.98. The van der Waals surface area contributed by atoms with Crippen molar-refractivity contribution in [2.45, 2.75) is 0 Å². The predicted molar refractivity (Wildman–Crippen MR) is 73.5 cm³/mol. The Bertz CT molecular complexity index is 754.